The average molecular weight is 407 g/mol. The molecule has 0 unspecified atom stereocenters. The first kappa shape index (κ1) is 19.2. The van der Waals surface area contributed by atoms with Gasteiger partial charge >= 0.3 is 0 Å². The Kier molecular flexibility index (Phi) is 4.82. The largest absolute Gasteiger partial charge is 0.355 e. The molecule has 2 bridgehead atoms. The van der Waals surface area contributed by atoms with Crippen molar-refractivity contribution in [2.24, 2.45) is 5.92 Å². The molecule has 5 nitrogen and oxygen atoms in total. The fourth-order valence-corrected chi connectivity index (χ4v) is 5.55. The van der Waals surface area contributed by atoms with Gasteiger partial charge in [-0.05, 0) is 37.0 Å². The van der Waals surface area contributed by atoms with E-state index in [1.807, 2.05) is 10.6 Å². The number of piperidine rings is 1. The van der Waals surface area contributed by atoms with Crippen LogP contribution in [-0.2, 0) is 6.54 Å². The molecule has 1 N–H and O–H groups in total. The van der Waals surface area contributed by atoms with Crippen molar-refractivity contribution in [2.75, 3.05) is 13.1 Å². The quantitative estimate of drug-likeness (QED) is 0.716. The summed E-state index contributed by atoms with van der Waals surface area (Å²) in [5.74, 6) is 0.299. The summed E-state index contributed by atoms with van der Waals surface area (Å²) < 4.78 is 16.3. The number of benzene rings is 1. The van der Waals surface area contributed by atoms with Gasteiger partial charge in [0.05, 0.1) is 5.52 Å². The van der Waals surface area contributed by atoms with Crippen LogP contribution in [0.1, 0.15) is 49.5 Å². The number of H-pyrrole nitrogens is 1. The van der Waals surface area contributed by atoms with E-state index in [1.165, 1.54) is 6.07 Å². The van der Waals surface area contributed by atoms with E-state index in [1.54, 1.807) is 24.3 Å². The van der Waals surface area contributed by atoms with Crippen LogP contribution < -0.4 is 11.0 Å². The van der Waals surface area contributed by atoms with Gasteiger partial charge in [-0.25, -0.2) is 4.39 Å². The molecule has 1 fully saturated rings. The summed E-state index contributed by atoms with van der Waals surface area (Å²) in [6.45, 7) is 4.44. The fraction of sp³-hybridized carbons (Fsp3) is 0.417. The lowest BCUT2D eigenvalue weighted by atomic mass is 9.77. The number of para-hydroxylation sites is 1. The summed E-state index contributed by atoms with van der Waals surface area (Å²) in [4.78, 5) is 30.6. The van der Waals surface area contributed by atoms with Crippen LogP contribution in [-0.4, -0.2) is 27.5 Å². The van der Waals surface area contributed by atoms with E-state index in [9.17, 15) is 14.0 Å². The second-order valence-corrected chi connectivity index (χ2v) is 8.72. The fourth-order valence-electron chi connectivity index (χ4n) is 5.55. The van der Waals surface area contributed by atoms with Crippen molar-refractivity contribution in [3.63, 3.8) is 0 Å². The number of aromatic amines is 1. The van der Waals surface area contributed by atoms with Crippen molar-refractivity contribution < 1.29 is 4.39 Å². The van der Waals surface area contributed by atoms with Crippen LogP contribution in [0.3, 0.4) is 0 Å². The second kappa shape index (κ2) is 7.51. The first-order chi connectivity index (χ1) is 14.5. The minimum Gasteiger partial charge on any atom is -0.355 e. The summed E-state index contributed by atoms with van der Waals surface area (Å²) >= 11 is 0. The molecule has 1 saturated heterocycles. The van der Waals surface area contributed by atoms with E-state index >= 15 is 0 Å². The Morgan fingerprint density at radius 2 is 1.97 bits per heavy atom. The minimum absolute atomic E-state index is 0.100. The summed E-state index contributed by atoms with van der Waals surface area (Å²) in [5.41, 5.74) is 2.08. The Hall–Kier alpha value is -2.73. The summed E-state index contributed by atoms with van der Waals surface area (Å²) in [6.07, 6.45) is 3.11. The Labute approximate surface area is 174 Å². The highest BCUT2D eigenvalue weighted by Crippen LogP contribution is 2.43. The van der Waals surface area contributed by atoms with Crippen molar-refractivity contribution in [3.05, 3.63) is 80.2 Å². The van der Waals surface area contributed by atoms with E-state index in [0.717, 1.165) is 43.7 Å². The Morgan fingerprint density at radius 3 is 2.80 bits per heavy atom. The summed E-state index contributed by atoms with van der Waals surface area (Å²) in [5, 5.41) is 0.380. The first-order valence-electron chi connectivity index (χ1n) is 10.8. The molecule has 0 aliphatic carbocycles. The minimum atomic E-state index is -0.404. The molecule has 6 heteroatoms. The second-order valence-electron chi connectivity index (χ2n) is 8.72. The molecule has 3 aromatic rings. The monoisotopic (exact) mass is 407 g/mol. The Bertz CT molecular complexity index is 1220. The maximum atomic E-state index is 14.2. The number of hydrogen-bond acceptors (Lipinski definition) is 3. The summed E-state index contributed by atoms with van der Waals surface area (Å²) in [7, 11) is 0. The SMILES string of the molecule is CCC[C@H]1[C@H]2C[C@H](CN(Cc3cc(=O)c4cccc(F)c4[nH]3)C2)c2cccc(=O)n21. The van der Waals surface area contributed by atoms with E-state index in [0.29, 0.717) is 23.8 Å². The lowest BCUT2D eigenvalue weighted by Gasteiger charge is -2.47. The number of rotatable bonds is 4. The van der Waals surface area contributed by atoms with E-state index < -0.39 is 5.82 Å². The van der Waals surface area contributed by atoms with Gasteiger partial charge in [0.25, 0.3) is 5.56 Å². The third-order valence-electron chi connectivity index (χ3n) is 6.72. The molecule has 3 atom stereocenters. The van der Waals surface area contributed by atoms with Crippen molar-refractivity contribution >= 4 is 10.9 Å². The van der Waals surface area contributed by atoms with E-state index in [4.69, 9.17) is 0 Å². The Balaban J connectivity index is 1.48. The third kappa shape index (κ3) is 3.19. The predicted octanol–water partition coefficient (Wildman–Crippen LogP) is 3.79. The van der Waals surface area contributed by atoms with Gasteiger partial charge in [0.15, 0.2) is 5.43 Å². The zero-order valence-corrected chi connectivity index (χ0v) is 17.1. The van der Waals surface area contributed by atoms with Gasteiger partial charge in [0, 0.05) is 60.5 Å². The molecule has 156 valence electrons. The molecule has 2 aliphatic rings. The lowest BCUT2D eigenvalue weighted by molar-refractivity contribution is 0.0809. The van der Waals surface area contributed by atoms with Gasteiger partial charge in [0.2, 0.25) is 0 Å². The molecule has 0 saturated carbocycles. The molecule has 2 aliphatic heterocycles. The molecule has 2 aromatic heterocycles. The normalized spacial score (nSPS) is 23.5. The number of pyridine rings is 2. The molecule has 0 amide bonds. The lowest BCUT2D eigenvalue weighted by Crippen LogP contribution is -2.49. The van der Waals surface area contributed by atoms with Gasteiger partial charge in [0.1, 0.15) is 5.82 Å². The highest BCUT2D eigenvalue weighted by molar-refractivity contribution is 5.78. The molecule has 30 heavy (non-hydrogen) atoms. The molecule has 5 rings (SSSR count). The third-order valence-corrected chi connectivity index (χ3v) is 6.72. The highest BCUT2D eigenvalue weighted by atomic mass is 19.1. The predicted molar refractivity (Wildman–Crippen MR) is 115 cm³/mol. The number of likely N-dealkylation sites (tertiary alicyclic amines) is 1. The molecular formula is C24H26FN3O2. The van der Waals surface area contributed by atoms with Crippen molar-refractivity contribution in [1.29, 1.82) is 0 Å². The topological polar surface area (TPSA) is 58.1 Å². The van der Waals surface area contributed by atoms with Gasteiger partial charge < -0.3 is 9.55 Å². The van der Waals surface area contributed by atoms with Gasteiger partial charge in [-0.3, -0.25) is 14.5 Å². The standard InChI is InChI=1S/C24H26FN3O2/c1-2-5-20-15-10-16(21-8-4-9-23(30)28(20)21)13-27(12-15)14-17-11-22(29)18-6-3-7-19(25)24(18)26-17/h3-4,6-9,11,15-16,20H,2,5,10,12-14H2,1H3,(H,26,29)/t15-,16+,20-/m0/s1. The first-order valence-corrected chi connectivity index (χ1v) is 10.8. The summed E-state index contributed by atoms with van der Waals surface area (Å²) in [6, 6.07) is 12.0. The number of hydrogen-bond donors (Lipinski definition) is 1. The smallest absolute Gasteiger partial charge is 0.250 e. The number of fused-ring (bicyclic) bond motifs is 5. The highest BCUT2D eigenvalue weighted by Gasteiger charge is 2.40. The van der Waals surface area contributed by atoms with Gasteiger partial charge in [-0.15, -0.1) is 0 Å². The maximum absolute atomic E-state index is 14.2. The van der Waals surface area contributed by atoms with Crippen LogP contribution in [0.2, 0.25) is 0 Å². The van der Waals surface area contributed by atoms with Crippen LogP contribution >= 0.6 is 0 Å². The number of nitrogens with one attached hydrogen (secondary N) is 1. The van der Waals surface area contributed by atoms with Crippen LogP contribution in [0.5, 0.6) is 0 Å². The molecule has 0 spiro atoms. The average Bonchev–Trinajstić information content (AvgIpc) is 2.72. The van der Waals surface area contributed by atoms with Crippen LogP contribution in [0.25, 0.3) is 10.9 Å². The van der Waals surface area contributed by atoms with Gasteiger partial charge in [-0.1, -0.05) is 25.5 Å². The van der Waals surface area contributed by atoms with Crippen LogP contribution in [0.15, 0.2) is 52.1 Å². The molecule has 0 radical (unpaired) electrons. The zero-order chi connectivity index (χ0) is 20.8. The van der Waals surface area contributed by atoms with Gasteiger partial charge in [-0.2, -0.15) is 0 Å². The number of aromatic nitrogens is 2. The van der Waals surface area contributed by atoms with Crippen molar-refractivity contribution in [1.82, 2.24) is 14.5 Å². The zero-order valence-electron chi connectivity index (χ0n) is 17.1. The van der Waals surface area contributed by atoms with E-state index in [2.05, 4.69) is 22.9 Å². The number of nitrogens with zero attached hydrogens (tertiary/aromatic N) is 2. The van der Waals surface area contributed by atoms with Crippen LogP contribution in [0.4, 0.5) is 4.39 Å². The van der Waals surface area contributed by atoms with Crippen LogP contribution in [0, 0.1) is 11.7 Å². The number of halogens is 1. The molecule has 1 aromatic carbocycles. The van der Waals surface area contributed by atoms with Crippen molar-refractivity contribution in [2.45, 2.75) is 44.7 Å². The molecular weight excluding hydrogens is 381 g/mol. The van der Waals surface area contributed by atoms with Crippen molar-refractivity contribution in [3.8, 4) is 0 Å². The van der Waals surface area contributed by atoms with E-state index in [-0.39, 0.29) is 22.5 Å². The molecule has 4 heterocycles. The Morgan fingerprint density at radius 1 is 1.13 bits per heavy atom. The maximum Gasteiger partial charge on any atom is 0.250 e.